The van der Waals surface area contributed by atoms with Crippen molar-refractivity contribution in [2.45, 2.75) is 31.8 Å². The van der Waals surface area contributed by atoms with Crippen LogP contribution in [-0.4, -0.2) is 59.7 Å². The van der Waals surface area contributed by atoms with Crippen molar-refractivity contribution in [2.75, 3.05) is 5.73 Å². The molecule has 3 rings (SSSR count). The molecule has 13 heteroatoms. The van der Waals surface area contributed by atoms with E-state index in [2.05, 4.69) is 36.8 Å². The van der Waals surface area contributed by atoms with Gasteiger partial charge >= 0.3 is 11.9 Å². The molecule has 6 N–H and O–H groups in total. The van der Waals surface area contributed by atoms with E-state index in [1.165, 1.54) is 6.20 Å². The summed E-state index contributed by atoms with van der Waals surface area (Å²) in [5.41, 5.74) is 5.99. The lowest BCUT2D eigenvalue weighted by atomic mass is 9.93. The Morgan fingerprint density at radius 3 is 2.73 bits per heavy atom. The lowest BCUT2D eigenvalue weighted by Crippen LogP contribution is -2.44. The maximum atomic E-state index is 12.4. The number of aliphatic imine (C=N–C) groups is 1. The average Bonchev–Trinajstić information content (AvgIpc) is 2.77. The highest BCUT2D eigenvalue weighted by atomic mass is 16.4. The summed E-state index contributed by atoms with van der Waals surface area (Å²) in [4.78, 5) is 65.5. The number of nitrogen functional groups attached to an aromatic ring is 1. The van der Waals surface area contributed by atoms with Crippen molar-refractivity contribution in [1.82, 2.24) is 25.3 Å². The molecule has 0 saturated heterocycles. The fourth-order valence-corrected chi connectivity index (χ4v) is 3.10. The Labute approximate surface area is 186 Å². The van der Waals surface area contributed by atoms with Gasteiger partial charge in [0.05, 0.1) is 24.4 Å². The number of carbonyl (C=O) groups excluding carboxylic acids is 1. The number of aliphatic carboxylic acids is 2. The van der Waals surface area contributed by atoms with E-state index in [0.29, 0.717) is 24.2 Å². The summed E-state index contributed by atoms with van der Waals surface area (Å²) in [6.07, 6.45) is 5.14. The Hall–Kier alpha value is -4.42. The number of aromatic nitrogens is 4. The van der Waals surface area contributed by atoms with Gasteiger partial charge in [0.15, 0.2) is 11.2 Å². The molecular formula is C20H21N7O6. The largest absolute Gasteiger partial charge is 0.480 e. The third kappa shape index (κ3) is 5.84. The highest BCUT2D eigenvalue weighted by molar-refractivity contribution is 5.98. The first kappa shape index (κ1) is 23.2. The molecule has 1 aliphatic rings. The number of nitrogens with two attached hydrogens (primary N) is 1. The highest BCUT2D eigenvalue weighted by Crippen LogP contribution is 2.18. The summed E-state index contributed by atoms with van der Waals surface area (Å²) in [5, 5.41) is 20.5. The van der Waals surface area contributed by atoms with Crippen LogP contribution in [0.3, 0.4) is 0 Å². The minimum absolute atomic E-state index is 0.0522. The lowest BCUT2D eigenvalue weighted by molar-refractivity contribution is -0.142. The van der Waals surface area contributed by atoms with Crippen molar-refractivity contribution >= 4 is 40.7 Å². The highest BCUT2D eigenvalue weighted by Gasteiger charge is 2.27. The summed E-state index contributed by atoms with van der Waals surface area (Å²) in [7, 11) is 0. The molecule has 172 valence electrons. The van der Waals surface area contributed by atoms with Gasteiger partial charge in [0.1, 0.15) is 6.04 Å². The van der Waals surface area contributed by atoms with Gasteiger partial charge in [-0.15, -0.1) is 0 Å². The second-order valence-corrected chi connectivity index (χ2v) is 7.31. The Morgan fingerprint density at radius 1 is 1.33 bits per heavy atom. The van der Waals surface area contributed by atoms with Crippen LogP contribution in [0.15, 0.2) is 40.3 Å². The van der Waals surface area contributed by atoms with Gasteiger partial charge in [0.2, 0.25) is 11.9 Å². The number of carbonyl (C=O) groups is 3. The SMILES string of the molecule is C=C(CC(NC(=O)C1C=CC(=NCc2cnc3nc(N)[nH]c(=O)c3n2)CC1)C(=O)O)C(=O)O. The van der Waals surface area contributed by atoms with E-state index < -0.39 is 41.8 Å². The smallest absolute Gasteiger partial charge is 0.331 e. The molecule has 2 aromatic rings. The summed E-state index contributed by atoms with van der Waals surface area (Å²) in [5.74, 6) is -3.83. The molecule has 0 radical (unpaired) electrons. The van der Waals surface area contributed by atoms with Crippen molar-refractivity contribution in [3.05, 3.63) is 46.5 Å². The molecule has 0 saturated carbocycles. The molecule has 0 fully saturated rings. The van der Waals surface area contributed by atoms with Crippen LogP contribution in [-0.2, 0) is 20.9 Å². The molecule has 2 heterocycles. The van der Waals surface area contributed by atoms with Crippen LogP contribution in [0.1, 0.15) is 25.0 Å². The minimum atomic E-state index is -1.39. The zero-order valence-corrected chi connectivity index (χ0v) is 17.3. The van der Waals surface area contributed by atoms with Gasteiger partial charge < -0.3 is 21.3 Å². The number of amides is 1. The van der Waals surface area contributed by atoms with Crippen LogP contribution in [0, 0.1) is 5.92 Å². The van der Waals surface area contributed by atoms with Crippen LogP contribution in [0.25, 0.3) is 11.2 Å². The number of carboxylic acids is 2. The van der Waals surface area contributed by atoms with Gasteiger partial charge in [-0.3, -0.25) is 19.6 Å². The van der Waals surface area contributed by atoms with Gasteiger partial charge in [0.25, 0.3) is 5.56 Å². The zero-order valence-electron chi connectivity index (χ0n) is 17.3. The number of nitrogens with one attached hydrogen (secondary N) is 2. The third-order valence-corrected chi connectivity index (χ3v) is 4.87. The van der Waals surface area contributed by atoms with Crippen LogP contribution in [0.4, 0.5) is 5.95 Å². The van der Waals surface area contributed by atoms with Gasteiger partial charge in [-0.2, -0.15) is 4.98 Å². The van der Waals surface area contributed by atoms with Crippen molar-refractivity contribution in [1.29, 1.82) is 0 Å². The predicted molar refractivity (Wildman–Crippen MR) is 116 cm³/mol. The molecular weight excluding hydrogens is 434 g/mol. The average molecular weight is 455 g/mol. The fraction of sp³-hybridized carbons (Fsp3) is 0.300. The molecule has 2 atom stereocenters. The van der Waals surface area contributed by atoms with Gasteiger partial charge in [-0.25, -0.2) is 19.6 Å². The zero-order chi connectivity index (χ0) is 24.1. The summed E-state index contributed by atoms with van der Waals surface area (Å²) < 4.78 is 0. The van der Waals surface area contributed by atoms with Crippen molar-refractivity contribution in [3.8, 4) is 0 Å². The summed E-state index contributed by atoms with van der Waals surface area (Å²) >= 11 is 0. The Kier molecular flexibility index (Phi) is 6.91. The van der Waals surface area contributed by atoms with Crippen LogP contribution in [0.5, 0.6) is 0 Å². The van der Waals surface area contributed by atoms with Crippen LogP contribution in [0.2, 0.25) is 0 Å². The minimum Gasteiger partial charge on any atom is -0.480 e. The van der Waals surface area contributed by atoms with Crippen molar-refractivity contribution in [3.63, 3.8) is 0 Å². The van der Waals surface area contributed by atoms with Crippen molar-refractivity contribution in [2.24, 2.45) is 10.9 Å². The monoisotopic (exact) mass is 455 g/mol. The molecule has 2 aromatic heterocycles. The standard InChI is InChI=1S/C20H21N7O6/c1-9(18(30)31)6-13(19(32)33)25-16(28)10-2-4-11(5-3-10)22-7-12-8-23-15-14(24-12)17(29)27-20(21)26-15/h2,4,8,10,13H,1,3,5-7H2,(H,25,28)(H,30,31)(H,32,33)(H3,21,23,26,27,29). The van der Waals surface area contributed by atoms with Gasteiger partial charge in [-0.05, 0) is 18.9 Å². The molecule has 0 bridgehead atoms. The molecule has 0 aliphatic heterocycles. The number of hydrogen-bond acceptors (Lipinski definition) is 9. The van der Waals surface area contributed by atoms with E-state index in [1.807, 2.05) is 0 Å². The van der Waals surface area contributed by atoms with E-state index in [-0.39, 0.29) is 29.2 Å². The van der Waals surface area contributed by atoms with E-state index in [1.54, 1.807) is 12.2 Å². The lowest BCUT2D eigenvalue weighted by Gasteiger charge is -2.20. The topological polar surface area (TPSA) is 214 Å². The molecule has 2 unspecified atom stereocenters. The van der Waals surface area contributed by atoms with E-state index in [0.717, 1.165) is 0 Å². The number of aromatic amines is 1. The predicted octanol–water partition coefficient (Wildman–Crippen LogP) is -0.197. The van der Waals surface area contributed by atoms with Gasteiger partial charge in [-0.1, -0.05) is 12.7 Å². The Balaban J connectivity index is 1.63. The molecule has 33 heavy (non-hydrogen) atoms. The van der Waals surface area contributed by atoms with Crippen molar-refractivity contribution < 1.29 is 24.6 Å². The molecule has 0 aromatic carbocycles. The first-order valence-electron chi connectivity index (χ1n) is 9.81. The van der Waals surface area contributed by atoms with E-state index in [4.69, 9.17) is 10.8 Å². The third-order valence-electron chi connectivity index (χ3n) is 4.87. The normalized spacial score (nSPS) is 17.6. The quantitative estimate of drug-likeness (QED) is 0.330. The number of nitrogens with zero attached hydrogens (tertiary/aromatic N) is 4. The fourth-order valence-electron chi connectivity index (χ4n) is 3.10. The van der Waals surface area contributed by atoms with E-state index in [9.17, 15) is 24.3 Å². The number of H-pyrrole nitrogens is 1. The number of rotatable bonds is 8. The Morgan fingerprint density at radius 2 is 2.09 bits per heavy atom. The second kappa shape index (κ2) is 9.80. The van der Waals surface area contributed by atoms with Gasteiger partial charge in [0, 0.05) is 17.7 Å². The first-order chi connectivity index (χ1) is 15.6. The molecule has 0 spiro atoms. The molecule has 13 nitrogen and oxygen atoms in total. The number of allylic oxidation sites excluding steroid dienone is 1. The number of hydrogen-bond donors (Lipinski definition) is 5. The summed E-state index contributed by atoms with van der Waals surface area (Å²) in [6.45, 7) is 3.45. The van der Waals surface area contributed by atoms with Crippen LogP contribution >= 0.6 is 0 Å². The Bertz CT molecular complexity index is 1250. The maximum absolute atomic E-state index is 12.4. The molecule has 1 amide bonds. The van der Waals surface area contributed by atoms with Crippen LogP contribution < -0.4 is 16.6 Å². The number of fused-ring (bicyclic) bond motifs is 1. The summed E-state index contributed by atoms with van der Waals surface area (Å²) in [6, 6.07) is -1.39. The maximum Gasteiger partial charge on any atom is 0.331 e. The second-order valence-electron chi connectivity index (χ2n) is 7.31. The molecule has 1 aliphatic carbocycles. The number of carboxylic acid groups (broad SMARTS) is 2. The van der Waals surface area contributed by atoms with E-state index >= 15 is 0 Å². The first-order valence-corrected chi connectivity index (χ1v) is 9.81. The number of anilines is 1.